The summed E-state index contributed by atoms with van der Waals surface area (Å²) in [6, 6.07) is 0. The molecule has 3 nitrogen and oxygen atoms in total. The van der Waals surface area contributed by atoms with E-state index in [1.165, 1.54) is 6.42 Å². The Morgan fingerprint density at radius 1 is 1.69 bits per heavy atom. The maximum Gasteiger partial charge on any atom is 0.0740 e. The van der Waals surface area contributed by atoms with Crippen LogP contribution in [0.3, 0.4) is 0 Å². The minimum absolute atomic E-state index is 0.606. The Balaban J connectivity index is 2.09. The maximum atomic E-state index is 5.43. The smallest absolute Gasteiger partial charge is 0.0740 e. The lowest BCUT2D eigenvalue weighted by Gasteiger charge is -2.19. The number of hydrogen-bond acceptors (Lipinski definition) is 3. The molecule has 0 amide bonds. The van der Waals surface area contributed by atoms with Crippen molar-refractivity contribution in [3.05, 3.63) is 0 Å². The van der Waals surface area contributed by atoms with E-state index in [9.17, 15) is 0 Å². The van der Waals surface area contributed by atoms with Crippen LogP contribution in [0.5, 0.6) is 0 Å². The lowest BCUT2D eigenvalue weighted by Crippen LogP contribution is -2.29. The van der Waals surface area contributed by atoms with Crippen LogP contribution in [0.25, 0.3) is 0 Å². The largest absolute Gasteiger partial charge is 0.393 e. The first kappa shape index (κ1) is 10.9. The summed E-state index contributed by atoms with van der Waals surface area (Å²) < 4.78 is 5.31. The average Bonchev–Trinajstić information content (AvgIpc) is 2.53. The molecule has 76 valence electrons. The first-order valence-electron chi connectivity index (χ1n) is 4.73. The number of nitrogens with zero attached hydrogens (tertiary/aromatic N) is 1. The van der Waals surface area contributed by atoms with Gasteiger partial charge in [0.25, 0.3) is 0 Å². The third-order valence-corrected chi connectivity index (χ3v) is 2.54. The van der Waals surface area contributed by atoms with Gasteiger partial charge in [-0.1, -0.05) is 12.2 Å². The molecule has 1 aliphatic heterocycles. The van der Waals surface area contributed by atoms with E-state index in [1.807, 2.05) is 0 Å². The highest BCUT2D eigenvalue weighted by molar-refractivity contribution is 7.80. The molecule has 1 fully saturated rings. The molecule has 0 aromatic heterocycles. The first-order valence-corrected chi connectivity index (χ1v) is 5.14. The van der Waals surface area contributed by atoms with E-state index in [0.29, 0.717) is 10.9 Å². The van der Waals surface area contributed by atoms with Gasteiger partial charge >= 0.3 is 0 Å². The van der Waals surface area contributed by atoms with Crippen LogP contribution in [0, 0.1) is 5.92 Å². The lowest BCUT2D eigenvalue weighted by atomic mass is 10.1. The van der Waals surface area contributed by atoms with E-state index in [0.717, 1.165) is 32.7 Å². The fourth-order valence-electron chi connectivity index (χ4n) is 1.56. The minimum Gasteiger partial charge on any atom is -0.393 e. The van der Waals surface area contributed by atoms with Crippen molar-refractivity contribution in [2.45, 2.75) is 12.8 Å². The van der Waals surface area contributed by atoms with Gasteiger partial charge in [-0.2, -0.15) is 0 Å². The van der Waals surface area contributed by atoms with Crippen molar-refractivity contribution >= 4 is 17.2 Å². The molecule has 2 N–H and O–H groups in total. The van der Waals surface area contributed by atoms with Gasteiger partial charge in [0.1, 0.15) is 0 Å². The highest BCUT2D eigenvalue weighted by Crippen LogP contribution is 2.13. The molecule has 1 heterocycles. The van der Waals surface area contributed by atoms with Crippen LogP contribution < -0.4 is 5.73 Å². The number of nitrogens with two attached hydrogens (primary N) is 1. The van der Waals surface area contributed by atoms with Gasteiger partial charge in [0.2, 0.25) is 0 Å². The number of hydrogen-bond donors (Lipinski definition) is 1. The van der Waals surface area contributed by atoms with Crippen molar-refractivity contribution in [2.75, 3.05) is 33.4 Å². The summed E-state index contributed by atoms with van der Waals surface area (Å²) in [5.74, 6) is 0.705. The monoisotopic (exact) mass is 202 g/mol. The van der Waals surface area contributed by atoms with Crippen molar-refractivity contribution in [3.63, 3.8) is 0 Å². The van der Waals surface area contributed by atoms with Gasteiger partial charge in [0, 0.05) is 26.1 Å². The molecule has 0 spiro atoms. The molecule has 0 bridgehead atoms. The molecule has 0 aliphatic carbocycles. The summed E-state index contributed by atoms with van der Waals surface area (Å²) in [5.41, 5.74) is 5.43. The van der Waals surface area contributed by atoms with Crippen LogP contribution in [0.1, 0.15) is 12.8 Å². The summed E-state index contributed by atoms with van der Waals surface area (Å²) in [6.45, 7) is 3.90. The minimum atomic E-state index is 0.606. The number of thiocarbonyl (C=S) groups is 1. The molecule has 13 heavy (non-hydrogen) atoms. The number of rotatable bonds is 5. The zero-order chi connectivity index (χ0) is 9.68. The summed E-state index contributed by atoms with van der Waals surface area (Å²) in [4.78, 5) is 2.88. The Labute approximate surface area is 85.2 Å². The Morgan fingerprint density at radius 2 is 2.46 bits per heavy atom. The summed E-state index contributed by atoms with van der Waals surface area (Å²) >= 11 is 4.82. The Morgan fingerprint density at radius 3 is 3.00 bits per heavy atom. The quantitative estimate of drug-likeness (QED) is 0.664. The standard InChI is InChI=1S/C9H18N2OS/c1-11(4-2-9(10)13)6-8-3-5-12-7-8/h8H,2-7H2,1H3,(H2,10,13). The molecule has 0 aromatic rings. The Kier molecular flexibility index (Phi) is 4.62. The van der Waals surface area contributed by atoms with E-state index in [1.54, 1.807) is 0 Å². The predicted molar refractivity (Wildman–Crippen MR) is 57.8 cm³/mol. The van der Waals surface area contributed by atoms with Crippen LogP contribution in [0.4, 0.5) is 0 Å². The number of ether oxygens (including phenoxy) is 1. The second-order valence-corrected chi connectivity index (χ2v) is 4.23. The molecule has 0 aromatic carbocycles. The van der Waals surface area contributed by atoms with Gasteiger partial charge in [0.15, 0.2) is 0 Å². The topological polar surface area (TPSA) is 38.5 Å². The van der Waals surface area contributed by atoms with E-state index in [-0.39, 0.29) is 0 Å². The molecule has 0 saturated carbocycles. The average molecular weight is 202 g/mol. The second-order valence-electron chi connectivity index (χ2n) is 3.71. The molecular formula is C9H18N2OS. The maximum absolute atomic E-state index is 5.43. The third-order valence-electron chi connectivity index (χ3n) is 2.33. The summed E-state index contributed by atoms with van der Waals surface area (Å²) in [6.07, 6.45) is 2.01. The van der Waals surface area contributed by atoms with Gasteiger partial charge in [-0.05, 0) is 19.4 Å². The van der Waals surface area contributed by atoms with Gasteiger partial charge in [-0.3, -0.25) is 0 Å². The van der Waals surface area contributed by atoms with Crippen molar-refractivity contribution in [1.82, 2.24) is 4.90 Å². The molecule has 0 radical (unpaired) electrons. The summed E-state index contributed by atoms with van der Waals surface area (Å²) in [7, 11) is 2.11. The van der Waals surface area contributed by atoms with Crippen LogP contribution >= 0.6 is 12.2 Å². The fourth-order valence-corrected chi connectivity index (χ4v) is 1.65. The second kappa shape index (κ2) is 5.52. The molecule has 1 aliphatic rings. The van der Waals surface area contributed by atoms with E-state index in [2.05, 4.69) is 11.9 Å². The van der Waals surface area contributed by atoms with Crippen molar-refractivity contribution in [2.24, 2.45) is 11.7 Å². The molecule has 1 unspecified atom stereocenters. The fraction of sp³-hybridized carbons (Fsp3) is 0.889. The van der Waals surface area contributed by atoms with Gasteiger partial charge < -0.3 is 15.4 Å². The lowest BCUT2D eigenvalue weighted by molar-refractivity contribution is 0.174. The van der Waals surface area contributed by atoms with E-state index < -0.39 is 0 Å². The van der Waals surface area contributed by atoms with Crippen LogP contribution in [0.15, 0.2) is 0 Å². The molecule has 4 heteroatoms. The highest BCUT2D eigenvalue weighted by atomic mass is 32.1. The molecule has 1 atom stereocenters. The third kappa shape index (κ3) is 4.55. The molecular weight excluding hydrogens is 184 g/mol. The van der Waals surface area contributed by atoms with E-state index >= 15 is 0 Å². The van der Waals surface area contributed by atoms with Crippen molar-refractivity contribution < 1.29 is 4.74 Å². The van der Waals surface area contributed by atoms with E-state index in [4.69, 9.17) is 22.7 Å². The van der Waals surface area contributed by atoms with Gasteiger partial charge in [-0.15, -0.1) is 0 Å². The van der Waals surface area contributed by atoms with Crippen molar-refractivity contribution in [3.8, 4) is 0 Å². The highest BCUT2D eigenvalue weighted by Gasteiger charge is 2.16. The molecule has 1 saturated heterocycles. The normalized spacial score (nSPS) is 22.5. The predicted octanol–water partition coefficient (Wildman–Crippen LogP) is 0.631. The summed E-state index contributed by atoms with van der Waals surface area (Å²) in [5, 5.41) is 0. The van der Waals surface area contributed by atoms with Crippen molar-refractivity contribution in [1.29, 1.82) is 0 Å². The van der Waals surface area contributed by atoms with Gasteiger partial charge in [-0.25, -0.2) is 0 Å². The Bertz CT molecular complexity index is 169. The van der Waals surface area contributed by atoms with Crippen LogP contribution in [-0.4, -0.2) is 43.2 Å². The van der Waals surface area contributed by atoms with Crippen LogP contribution in [0.2, 0.25) is 0 Å². The zero-order valence-corrected chi connectivity index (χ0v) is 8.98. The SMILES string of the molecule is CN(CCC(N)=S)CC1CCOC1. The van der Waals surface area contributed by atoms with Crippen LogP contribution in [-0.2, 0) is 4.74 Å². The zero-order valence-electron chi connectivity index (χ0n) is 8.16. The first-order chi connectivity index (χ1) is 6.18. The Hall–Kier alpha value is -0.190. The molecule has 1 rings (SSSR count). The van der Waals surface area contributed by atoms with Gasteiger partial charge in [0.05, 0.1) is 11.6 Å².